The van der Waals surface area contributed by atoms with E-state index < -0.39 is 0 Å². The molecule has 1 saturated carbocycles. The lowest BCUT2D eigenvalue weighted by Gasteiger charge is -2.16. The van der Waals surface area contributed by atoms with Gasteiger partial charge in [0, 0.05) is 17.8 Å². The maximum absolute atomic E-state index is 12.3. The van der Waals surface area contributed by atoms with Crippen LogP contribution in [-0.2, 0) is 0 Å². The second kappa shape index (κ2) is 5.89. The zero-order valence-electron chi connectivity index (χ0n) is 11.2. The SMILES string of the molecule is CC(C)Nc1ccccc1C(=O)NC1CCCC1. The van der Waals surface area contributed by atoms with Gasteiger partial charge in [0.25, 0.3) is 5.91 Å². The maximum Gasteiger partial charge on any atom is 0.253 e. The van der Waals surface area contributed by atoms with Crippen LogP contribution in [-0.4, -0.2) is 18.0 Å². The molecule has 0 atom stereocenters. The molecule has 1 aromatic rings. The van der Waals surface area contributed by atoms with E-state index in [4.69, 9.17) is 0 Å². The maximum atomic E-state index is 12.3. The summed E-state index contributed by atoms with van der Waals surface area (Å²) in [7, 11) is 0. The van der Waals surface area contributed by atoms with Crippen molar-refractivity contribution in [3.8, 4) is 0 Å². The number of nitrogens with one attached hydrogen (secondary N) is 2. The van der Waals surface area contributed by atoms with E-state index in [0.717, 1.165) is 24.1 Å². The predicted molar refractivity (Wildman–Crippen MR) is 74.9 cm³/mol. The molecule has 2 N–H and O–H groups in total. The first-order valence-electron chi connectivity index (χ1n) is 6.83. The Kier molecular flexibility index (Phi) is 4.24. The monoisotopic (exact) mass is 246 g/mol. The van der Waals surface area contributed by atoms with E-state index >= 15 is 0 Å². The highest BCUT2D eigenvalue weighted by molar-refractivity contribution is 5.99. The fraction of sp³-hybridized carbons (Fsp3) is 0.533. The lowest BCUT2D eigenvalue weighted by molar-refractivity contribution is 0.0938. The minimum atomic E-state index is 0.0469. The van der Waals surface area contributed by atoms with Crippen molar-refractivity contribution in [2.24, 2.45) is 0 Å². The number of hydrogen-bond acceptors (Lipinski definition) is 2. The second-order valence-electron chi connectivity index (χ2n) is 5.30. The predicted octanol–water partition coefficient (Wildman–Crippen LogP) is 3.18. The van der Waals surface area contributed by atoms with Crippen LogP contribution in [0.5, 0.6) is 0 Å². The molecule has 0 aromatic heterocycles. The van der Waals surface area contributed by atoms with Crippen LogP contribution in [0.2, 0.25) is 0 Å². The van der Waals surface area contributed by atoms with Crippen LogP contribution >= 0.6 is 0 Å². The van der Waals surface area contributed by atoms with Gasteiger partial charge in [-0.1, -0.05) is 25.0 Å². The van der Waals surface area contributed by atoms with E-state index in [1.165, 1.54) is 12.8 Å². The van der Waals surface area contributed by atoms with Crippen LogP contribution in [0.25, 0.3) is 0 Å². The first kappa shape index (κ1) is 12.9. The average molecular weight is 246 g/mol. The largest absolute Gasteiger partial charge is 0.382 e. The highest BCUT2D eigenvalue weighted by Gasteiger charge is 2.19. The summed E-state index contributed by atoms with van der Waals surface area (Å²) in [6, 6.07) is 8.40. The van der Waals surface area contributed by atoms with Crippen LogP contribution in [0.1, 0.15) is 49.9 Å². The third kappa shape index (κ3) is 3.25. The molecule has 1 aliphatic rings. The molecule has 0 radical (unpaired) electrons. The Morgan fingerprint density at radius 1 is 1.22 bits per heavy atom. The molecule has 98 valence electrons. The normalized spacial score (nSPS) is 15.9. The molecular formula is C15H22N2O. The molecule has 1 aliphatic carbocycles. The van der Waals surface area contributed by atoms with Crippen LogP contribution in [0.4, 0.5) is 5.69 Å². The smallest absolute Gasteiger partial charge is 0.253 e. The number of carbonyl (C=O) groups excluding carboxylic acids is 1. The van der Waals surface area contributed by atoms with Gasteiger partial charge in [0.2, 0.25) is 0 Å². The Balaban J connectivity index is 2.08. The quantitative estimate of drug-likeness (QED) is 0.856. The van der Waals surface area contributed by atoms with Crippen molar-refractivity contribution in [1.82, 2.24) is 5.32 Å². The van der Waals surface area contributed by atoms with Crippen LogP contribution in [0.15, 0.2) is 24.3 Å². The Bertz CT molecular complexity index is 409. The van der Waals surface area contributed by atoms with Gasteiger partial charge in [0.15, 0.2) is 0 Å². The molecule has 1 fully saturated rings. The Hall–Kier alpha value is -1.51. The summed E-state index contributed by atoms with van der Waals surface area (Å²) < 4.78 is 0. The van der Waals surface area contributed by atoms with Gasteiger partial charge in [-0.2, -0.15) is 0 Å². The van der Waals surface area contributed by atoms with E-state index in [0.29, 0.717) is 12.1 Å². The first-order valence-corrected chi connectivity index (χ1v) is 6.83. The van der Waals surface area contributed by atoms with E-state index in [9.17, 15) is 4.79 Å². The molecule has 0 bridgehead atoms. The van der Waals surface area contributed by atoms with Crippen LogP contribution < -0.4 is 10.6 Å². The molecule has 1 aromatic carbocycles. The van der Waals surface area contributed by atoms with Gasteiger partial charge in [0.05, 0.1) is 5.56 Å². The Morgan fingerprint density at radius 2 is 1.89 bits per heavy atom. The number of benzene rings is 1. The van der Waals surface area contributed by atoms with Crippen molar-refractivity contribution in [2.45, 2.75) is 51.6 Å². The van der Waals surface area contributed by atoms with Crippen molar-refractivity contribution in [1.29, 1.82) is 0 Å². The van der Waals surface area contributed by atoms with Gasteiger partial charge in [-0.25, -0.2) is 0 Å². The molecular weight excluding hydrogens is 224 g/mol. The first-order chi connectivity index (χ1) is 8.66. The molecule has 0 saturated heterocycles. The highest BCUT2D eigenvalue weighted by Crippen LogP contribution is 2.20. The van der Waals surface area contributed by atoms with Gasteiger partial charge in [0.1, 0.15) is 0 Å². The summed E-state index contributed by atoms with van der Waals surface area (Å²) in [4.78, 5) is 12.3. The van der Waals surface area contributed by atoms with Crippen molar-refractivity contribution >= 4 is 11.6 Å². The lowest BCUT2D eigenvalue weighted by Crippen LogP contribution is -2.33. The number of carbonyl (C=O) groups is 1. The number of hydrogen-bond donors (Lipinski definition) is 2. The molecule has 2 rings (SSSR count). The zero-order chi connectivity index (χ0) is 13.0. The van der Waals surface area contributed by atoms with Gasteiger partial charge in [-0.15, -0.1) is 0 Å². The fourth-order valence-electron chi connectivity index (χ4n) is 2.45. The van der Waals surface area contributed by atoms with Crippen molar-refractivity contribution in [3.63, 3.8) is 0 Å². The fourth-order valence-corrected chi connectivity index (χ4v) is 2.45. The Morgan fingerprint density at radius 3 is 2.56 bits per heavy atom. The van der Waals surface area contributed by atoms with Gasteiger partial charge < -0.3 is 10.6 Å². The number of rotatable bonds is 4. The number of amides is 1. The van der Waals surface area contributed by atoms with Crippen molar-refractivity contribution < 1.29 is 4.79 Å². The summed E-state index contributed by atoms with van der Waals surface area (Å²) in [6.45, 7) is 4.15. The summed E-state index contributed by atoms with van der Waals surface area (Å²) in [5.74, 6) is 0.0469. The molecule has 0 spiro atoms. The minimum absolute atomic E-state index is 0.0469. The topological polar surface area (TPSA) is 41.1 Å². The van der Waals surface area contributed by atoms with E-state index in [-0.39, 0.29) is 5.91 Å². The molecule has 0 aliphatic heterocycles. The highest BCUT2D eigenvalue weighted by atomic mass is 16.1. The van der Waals surface area contributed by atoms with E-state index in [1.807, 2.05) is 24.3 Å². The third-order valence-electron chi connectivity index (χ3n) is 3.31. The van der Waals surface area contributed by atoms with Crippen molar-refractivity contribution in [3.05, 3.63) is 29.8 Å². The molecule has 0 heterocycles. The molecule has 1 amide bonds. The second-order valence-corrected chi connectivity index (χ2v) is 5.30. The standard InChI is InChI=1S/C15H22N2O/c1-11(2)16-14-10-6-5-9-13(14)15(18)17-12-7-3-4-8-12/h5-6,9-12,16H,3-4,7-8H2,1-2H3,(H,17,18). The molecule has 0 unspecified atom stereocenters. The molecule has 3 nitrogen and oxygen atoms in total. The number of anilines is 1. The number of para-hydroxylation sites is 1. The summed E-state index contributed by atoms with van der Waals surface area (Å²) >= 11 is 0. The summed E-state index contributed by atoms with van der Waals surface area (Å²) in [5, 5.41) is 6.45. The third-order valence-corrected chi connectivity index (χ3v) is 3.31. The van der Waals surface area contributed by atoms with Crippen LogP contribution in [0.3, 0.4) is 0 Å². The summed E-state index contributed by atoms with van der Waals surface area (Å²) in [5.41, 5.74) is 1.67. The van der Waals surface area contributed by atoms with E-state index in [2.05, 4.69) is 24.5 Å². The van der Waals surface area contributed by atoms with Gasteiger partial charge in [-0.05, 0) is 38.8 Å². The van der Waals surface area contributed by atoms with Gasteiger partial charge in [-0.3, -0.25) is 4.79 Å². The minimum Gasteiger partial charge on any atom is -0.382 e. The van der Waals surface area contributed by atoms with Crippen molar-refractivity contribution in [2.75, 3.05) is 5.32 Å². The zero-order valence-corrected chi connectivity index (χ0v) is 11.2. The Labute approximate surface area is 109 Å². The van der Waals surface area contributed by atoms with Crippen LogP contribution in [0, 0.1) is 0 Å². The van der Waals surface area contributed by atoms with Gasteiger partial charge >= 0.3 is 0 Å². The average Bonchev–Trinajstić information content (AvgIpc) is 2.81. The summed E-state index contributed by atoms with van der Waals surface area (Å²) in [6.07, 6.45) is 4.70. The molecule has 3 heteroatoms. The molecule has 18 heavy (non-hydrogen) atoms. The lowest BCUT2D eigenvalue weighted by atomic mass is 10.1. The van der Waals surface area contributed by atoms with E-state index in [1.54, 1.807) is 0 Å².